The molecule has 0 saturated heterocycles. The van der Waals surface area contributed by atoms with Gasteiger partial charge < -0.3 is 18.9 Å². The molecule has 1 aliphatic heterocycles. The summed E-state index contributed by atoms with van der Waals surface area (Å²) in [6.07, 6.45) is 3.82. The number of hydrogen-bond acceptors (Lipinski definition) is 6. The second kappa shape index (κ2) is 11.9. The van der Waals surface area contributed by atoms with E-state index in [1.54, 1.807) is 35.8 Å². The molecule has 0 unspecified atom stereocenters. The number of carbonyl (C=O) groups excluding carboxylic acids is 1. The lowest BCUT2D eigenvalue weighted by Crippen LogP contribution is -2.43. The number of fused-ring (bicyclic) bond motifs is 2. The molecule has 0 spiro atoms. The van der Waals surface area contributed by atoms with Crippen LogP contribution in [0.3, 0.4) is 0 Å². The number of methoxy groups -OCH3 is 2. The van der Waals surface area contributed by atoms with Gasteiger partial charge in [-0.25, -0.2) is 4.99 Å². The summed E-state index contributed by atoms with van der Waals surface area (Å²) in [7, 11) is 3.17. The Bertz CT molecular complexity index is 1910. The maximum Gasteiger partial charge on any atom is 0.271 e. The molecule has 5 rings (SSSR count). The highest BCUT2D eigenvalue weighted by Crippen LogP contribution is 2.38. The van der Waals surface area contributed by atoms with Gasteiger partial charge in [0.1, 0.15) is 17.5 Å². The molecule has 9 heteroatoms. The molecule has 1 atom stereocenters. The molecule has 42 heavy (non-hydrogen) atoms. The van der Waals surface area contributed by atoms with E-state index in [1.807, 2.05) is 51.1 Å². The van der Waals surface area contributed by atoms with E-state index < -0.39 is 6.04 Å². The molecule has 0 saturated carbocycles. The summed E-state index contributed by atoms with van der Waals surface area (Å²) in [5.41, 5.74) is 4.57. The minimum atomic E-state index is -0.746. The number of ether oxygens (including phenoxy) is 2. The molecule has 0 radical (unpaired) electrons. The molecule has 0 aliphatic carbocycles. The van der Waals surface area contributed by atoms with Gasteiger partial charge in [-0.3, -0.25) is 14.2 Å². The first-order valence-electron chi connectivity index (χ1n) is 14.0. The molecule has 0 bridgehead atoms. The second-order valence-corrected chi connectivity index (χ2v) is 11.1. The van der Waals surface area contributed by atoms with Crippen LogP contribution in [0.2, 0.25) is 0 Å². The van der Waals surface area contributed by atoms with Crippen LogP contribution in [0.1, 0.15) is 43.6 Å². The molecule has 2 aromatic carbocycles. The number of nitrogens with zero attached hydrogens (tertiary/aromatic N) is 4. The first-order chi connectivity index (χ1) is 20.3. The van der Waals surface area contributed by atoms with Crippen molar-refractivity contribution in [2.45, 2.75) is 40.3 Å². The van der Waals surface area contributed by atoms with Crippen LogP contribution in [0.25, 0.3) is 17.0 Å². The van der Waals surface area contributed by atoms with E-state index in [0.29, 0.717) is 57.3 Å². The van der Waals surface area contributed by atoms with Crippen LogP contribution in [-0.2, 0) is 11.3 Å². The number of hydrogen-bond donors (Lipinski definition) is 0. The van der Waals surface area contributed by atoms with Crippen LogP contribution in [0, 0.1) is 6.92 Å². The van der Waals surface area contributed by atoms with Gasteiger partial charge in [0.05, 0.1) is 30.0 Å². The van der Waals surface area contributed by atoms with Crippen LogP contribution >= 0.6 is 11.3 Å². The zero-order valence-corrected chi connectivity index (χ0v) is 25.7. The number of rotatable bonds is 9. The Morgan fingerprint density at radius 3 is 2.52 bits per heavy atom. The van der Waals surface area contributed by atoms with E-state index in [-0.39, 0.29) is 11.5 Å². The molecule has 218 valence electrons. The topological polar surface area (TPSA) is 78.1 Å². The Kier molecular flexibility index (Phi) is 8.22. The average molecular weight is 585 g/mol. The van der Waals surface area contributed by atoms with E-state index in [1.165, 1.54) is 11.3 Å². The van der Waals surface area contributed by atoms with Gasteiger partial charge >= 0.3 is 0 Å². The van der Waals surface area contributed by atoms with Gasteiger partial charge in [0, 0.05) is 47.4 Å². The SMILES string of the molecule is C=CCn1c(C)c(/C=c2/sc3n(c2=O)[C@@H](c2cc(OC)ccc2OC)C(C(=O)N(CC)CC)=C(C)N=3)c2ccccc21. The summed E-state index contributed by atoms with van der Waals surface area (Å²) in [6, 6.07) is 12.9. The van der Waals surface area contributed by atoms with E-state index >= 15 is 0 Å². The number of carbonyl (C=O) groups is 1. The second-order valence-electron chi connectivity index (χ2n) is 10.1. The van der Waals surface area contributed by atoms with Crippen molar-refractivity contribution >= 4 is 34.2 Å². The van der Waals surface area contributed by atoms with E-state index in [2.05, 4.69) is 30.2 Å². The molecule has 3 heterocycles. The number of allylic oxidation sites excluding steroid dienone is 2. The quantitative estimate of drug-likeness (QED) is 0.270. The molecular weight excluding hydrogens is 548 g/mol. The van der Waals surface area contributed by atoms with Gasteiger partial charge in [0.15, 0.2) is 4.80 Å². The molecule has 1 amide bonds. The van der Waals surface area contributed by atoms with E-state index in [4.69, 9.17) is 14.5 Å². The van der Waals surface area contributed by atoms with Gasteiger partial charge in [0.25, 0.3) is 11.5 Å². The summed E-state index contributed by atoms with van der Waals surface area (Å²) in [5.74, 6) is 0.995. The van der Waals surface area contributed by atoms with Gasteiger partial charge in [-0.15, -0.1) is 6.58 Å². The van der Waals surface area contributed by atoms with Crippen LogP contribution in [-0.4, -0.2) is 47.3 Å². The van der Waals surface area contributed by atoms with Crippen LogP contribution in [0.15, 0.2) is 76.2 Å². The third-order valence-corrected chi connectivity index (χ3v) is 8.88. The smallest absolute Gasteiger partial charge is 0.271 e. The Balaban J connectivity index is 1.82. The molecule has 4 aromatic rings. The molecular formula is C33H36N4O4S. The zero-order valence-electron chi connectivity index (χ0n) is 24.9. The van der Waals surface area contributed by atoms with Gasteiger partial charge in [-0.1, -0.05) is 35.6 Å². The Hall–Kier alpha value is -4.37. The third kappa shape index (κ3) is 4.77. The summed E-state index contributed by atoms with van der Waals surface area (Å²) >= 11 is 1.32. The molecule has 0 N–H and O–H groups in total. The Morgan fingerprint density at radius 2 is 1.86 bits per heavy atom. The van der Waals surface area contributed by atoms with Crippen LogP contribution in [0.5, 0.6) is 11.5 Å². The van der Waals surface area contributed by atoms with Crippen molar-refractivity contribution in [2.75, 3.05) is 27.3 Å². The summed E-state index contributed by atoms with van der Waals surface area (Å²) < 4.78 is 15.7. The van der Waals surface area contributed by atoms with Gasteiger partial charge in [0.2, 0.25) is 0 Å². The monoisotopic (exact) mass is 584 g/mol. The van der Waals surface area contributed by atoms with Crippen molar-refractivity contribution in [2.24, 2.45) is 4.99 Å². The number of amides is 1. The summed E-state index contributed by atoms with van der Waals surface area (Å²) in [6.45, 7) is 13.4. The fourth-order valence-electron chi connectivity index (χ4n) is 5.76. The van der Waals surface area contributed by atoms with E-state index in [0.717, 1.165) is 22.2 Å². The Labute approximate surface area is 249 Å². The third-order valence-electron chi connectivity index (χ3n) is 7.90. The predicted octanol–water partition coefficient (Wildman–Crippen LogP) is 4.57. The van der Waals surface area contributed by atoms with Crippen molar-refractivity contribution in [1.82, 2.24) is 14.0 Å². The maximum absolute atomic E-state index is 14.4. The fraction of sp³-hybridized carbons (Fsp3) is 0.303. The fourth-order valence-corrected chi connectivity index (χ4v) is 6.79. The number of likely N-dealkylation sites (N-methyl/N-ethyl adjacent to an activating group) is 1. The normalized spacial score (nSPS) is 15.0. The van der Waals surface area contributed by atoms with Crippen molar-refractivity contribution in [3.8, 4) is 11.5 Å². The lowest BCUT2D eigenvalue weighted by atomic mass is 9.93. The highest BCUT2D eigenvalue weighted by Gasteiger charge is 2.36. The van der Waals surface area contributed by atoms with Crippen molar-refractivity contribution in [3.05, 3.63) is 103 Å². The average Bonchev–Trinajstić information content (AvgIpc) is 3.45. The highest BCUT2D eigenvalue weighted by atomic mass is 32.1. The minimum Gasteiger partial charge on any atom is -0.497 e. The molecule has 8 nitrogen and oxygen atoms in total. The van der Waals surface area contributed by atoms with Crippen molar-refractivity contribution < 1.29 is 14.3 Å². The number of aromatic nitrogens is 2. The highest BCUT2D eigenvalue weighted by molar-refractivity contribution is 7.07. The standard InChI is InChI=1S/C33H36N4O4S/c1-8-17-36-21(5)24(23-13-11-12-14-26(23)36)19-28-31(38)37-30(25-18-22(40-6)15-16-27(25)41-7)29(20(4)34-33(37)42-28)32(39)35(9-2)10-3/h8,11-16,18-19,30H,1,9-10,17H2,2-7H3/b28-19+/t30-/m0/s1. The molecule has 1 aliphatic rings. The number of para-hydroxylation sites is 1. The van der Waals surface area contributed by atoms with Crippen LogP contribution in [0.4, 0.5) is 0 Å². The van der Waals surface area contributed by atoms with Crippen LogP contribution < -0.4 is 24.4 Å². The molecule has 0 fully saturated rings. The van der Waals surface area contributed by atoms with Crippen molar-refractivity contribution in [3.63, 3.8) is 0 Å². The van der Waals surface area contributed by atoms with Crippen molar-refractivity contribution in [1.29, 1.82) is 0 Å². The maximum atomic E-state index is 14.4. The van der Waals surface area contributed by atoms with E-state index in [9.17, 15) is 9.59 Å². The minimum absolute atomic E-state index is 0.159. The number of thiazole rings is 1. The molecule has 2 aromatic heterocycles. The number of benzene rings is 2. The first-order valence-corrected chi connectivity index (χ1v) is 14.8. The first kappa shape index (κ1) is 29.1. The summed E-state index contributed by atoms with van der Waals surface area (Å²) in [5, 5.41) is 1.06. The zero-order chi connectivity index (χ0) is 30.1. The van der Waals surface area contributed by atoms with Gasteiger partial charge in [-0.2, -0.15) is 0 Å². The predicted molar refractivity (Wildman–Crippen MR) is 168 cm³/mol. The Morgan fingerprint density at radius 1 is 1.12 bits per heavy atom. The lowest BCUT2D eigenvalue weighted by molar-refractivity contribution is -0.127. The lowest BCUT2D eigenvalue weighted by Gasteiger charge is -2.30. The summed E-state index contributed by atoms with van der Waals surface area (Å²) in [4.78, 5) is 35.4. The van der Waals surface area contributed by atoms with Gasteiger partial charge in [-0.05, 0) is 58.0 Å². The largest absolute Gasteiger partial charge is 0.497 e.